The second-order valence-corrected chi connectivity index (χ2v) is 5.01. The Hall–Kier alpha value is -1.94. The Morgan fingerprint density at radius 3 is 3.15 bits per heavy atom. The van der Waals surface area contributed by atoms with E-state index in [1.807, 2.05) is 12.3 Å². The first-order valence-corrected chi connectivity index (χ1v) is 6.86. The first-order chi connectivity index (χ1) is 9.81. The first kappa shape index (κ1) is 13.1. The molecule has 1 aromatic carbocycles. The maximum Gasteiger partial charge on any atom is 0.123 e. The van der Waals surface area contributed by atoms with Gasteiger partial charge in [-0.05, 0) is 42.8 Å². The van der Waals surface area contributed by atoms with Gasteiger partial charge in [0.05, 0.1) is 0 Å². The van der Waals surface area contributed by atoms with Gasteiger partial charge in [-0.1, -0.05) is 6.07 Å². The normalized spacial score (nSPS) is 16.8. The van der Waals surface area contributed by atoms with Crippen LogP contribution < -0.4 is 10.1 Å². The zero-order chi connectivity index (χ0) is 13.8. The predicted octanol–water partition coefficient (Wildman–Crippen LogP) is 2.36. The minimum Gasteiger partial charge on any atom is -0.488 e. The number of halogens is 1. The Morgan fingerprint density at radius 1 is 1.35 bits per heavy atom. The lowest BCUT2D eigenvalue weighted by Gasteiger charge is -2.11. The van der Waals surface area contributed by atoms with Crippen molar-refractivity contribution in [1.29, 1.82) is 0 Å². The number of fused-ring (bicyclic) bond motifs is 1. The molecule has 2 aromatic rings. The lowest BCUT2D eigenvalue weighted by Crippen LogP contribution is -2.31. The molecule has 104 valence electrons. The topological polar surface area (TPSA) is 34.2 Å². The molecule has 0 spiro atoms. The summed E-state index contributed by atoms with van der Waals surface area (Å²) >= 11 is 0. The van der Waals surface area contributed by atoms with Crippen molar-refractivity contribution in [1.82, 2.24) is 10.3 Å². The first-order valence-electron chi connectivity index (χ1n) is 6.86. The van der Waals surface area contributed by atoms with Crippen molar-refractivity contribution in [3.8, 4) is 5.75 Å². The maximum absolute atomic E-state index is 13.1. The zero-order valence-electron chi connectivity index (χ0n) is 11.2. The van der Waals surface area contributed by atoms with Crippen LogP contribution in [0, 0.1) is 5.82 Å². The molecular formula is C16H17FN2O. The highest BCUT2D eigenvalue weighted by atomic mass is 19.1. The highest BCUT2D eigenvalue weighted by molar-refractivity contribution is 5.37. The minimum atomic E-state index is -0.197. The summed E-state index contributed by atoms with van der Waals surface area (Å²) in [6, 6.07) is 8.72. The number of pyridine rings is 1. The van der Waals surface area contributed by atoms with Crippen molar-refractivity contribution in [2.45, 2.75) is 18.9 Å². The van der Waals surface area contributed by atoms with E-state index in [1.165, 1.54) is 11.6 Å². The van der Waals surface area contributed by atoms with E-state index < -0.39 is 0 Å². The summed E-state index contributed by atoms with van der Waals surface area (Å²) in [4.78, 5) is 4.09. The number of ether oxygens (including phenoxy) is 1. The van der Waals surface area contributed by atoms with Gasteiger partial charge < -0.3 is 10.1 Å². The Kier molecular flexibility index (Phi) is 3.92. The lowest BCUT2D eigenvalue weighted by molar-refractivity contribution is 0.228. The second kappa shape index (κ2) is 6.01. The van der Waals surface area contributed by atoms with Crippen molar-refractivity contribution in [2.75, 3.05) is 13.1 Å². The molecule has 0 saturated heterocycles. The number of nitrogens with one attached hydrogen (secondary N) is 1. The van der Waals surface area contributed by atoms with Crippen molar-refractivity contribution < 1.29 is 9.13 Å². The van der Waals surface area contributed by atoms with Gasteiger partial charge >= 0.3 is 0 Å². The summed E-state index contributed by atoms with van der Waals surface area (Å²) in [6.45, 7) is 1.66. The Labute approximate surface area is 117 Å². The summed E-state index contributed by atoms with van der Waals surface area (Å²) < 4.78 is 18.9. The molecule has 0 aliphatic carbocycles. The molecule has 20 heavy (non-hydrogen) atoms. The van der Waals surface area contributed by atoms with Crippen LogP contribution in [0.25, 0.3) is 0 Å². The smallest absolute Gasteiger partial charge is 0.123 e. The number of hydrogen-bond acceptors (Lipinski definition) is 3. The number of nitrogens with zero attached hydrogens (tertiary/aromatic N) is 1. The SMILES string of the molecule is Fc1ccc2c(c1)CC(CNCCc1cccnc1)O2. The summed E-state index contributed by atoms with van der Waals surface area (Å²) in [6.07, 6.45) is 5.47. The van der Waals surface area contributed by atoms with Crippen LogP contribution in [0.5, 0.6) is 5.75 Å². The van der Waals surface area contributed by atoms with Crippen LogP contribution in [0.15, 0.2) is 42.7 Å². The molecule has 1 atom stereocenters. The highest BCUT2D eigenvalue weighted by Gasteiger charge is 2.22. The minimum absolute atomic E-state index is 0.0979. The summed E-state index contributed by atoms with van der Waals surface area (Å²) in [7, 11) is 0. The molecule has 1 aliphatic heterocycles. The average Bonchev–Trinajstić information content (AvgIpc) is 2.86. The third kappa shape index (κ3) is 3.14. The van der Waals surface area contributed by atoms with Crippen LogP contribution in [-0.4, -0.2) is 24.2 Å². The molecule has 0 bridgehead atoms. The molecule has 3 rings (SSSR count). The Bertz CT molecular complexity index is 574. The van der Waals surface area contributed by atoms with Crippen LogP contribution in [0.2, 0.25) is 0 Å². The standard InChI is InChI=1S/C16H17FN2O/c17-14-3-4-16-13(8-14)9-15(20-16)11-19-7-5-12-2-1-6-18-10-12/h1-4,6,8,10,15,19H,5,7,9,11H2. The van der Waals surface area contributed by atoms with Crippen LogP contribution in [0.1, 0.15) is 11.1 Å². The Morgan fingerprint density at radius 2 is 2.30 bits per heavy atom. The highest BCUT2D eigenvalue weighted by Crippen LogP contribution is 2.28. The van der Waals surface area contributed by atoms with Gasteiger partial charge in [0.2, 0.25) is 0 Å². The largest absolute Gasteiger partial charge is 0.488 e. The molecule has 3 nitrogen and oxygen atoms in total. The van der Waals surface area contributed by atoms with Crippen LogP contribution in [0.3, 0.4) is 0 Å². The third-order valence-electron chi connectivity index (χ3n) is 3.45. The molecule has 2 heterocycles. The van der Waals surface area contributed by atoms with Crippen molar-refractivity contribution in [3.05, 3.63) is 59.7 Å². The van der Waals surface area contributed by atoms with Gasteiger partial charge in [0, 0.05) is 30.9 Å². The van der Waals surface area contributed by atoms with Gasteiger partial charge in [0.15, 0.2) is 0 Å². The third-order valence-corrected chi connectivity index (χ3v) is 3.45. The number of aromatic nitrogens is 1. The second-order valence-electron chi connectivity index (χ2n) is 5.01. The molecule has 4 heteroatoms. The molecule has 1 N–H and O–H groups in total. The Balaban J connectivity index is 1.43. The van der Waals surface area contributed by atoms with Crippen LogP contribution >= 0.6 is 0 Å². The number of rotatable bonds is 5. The van der Waals surface area contributed by atoms with Gasteiger partial charge in [-0.25, -0.2) is 4.39 Å². The summed E-state index contributed by atoms with van der Waals surface area (Å²) in [5.74, 6) is 0.614. The molecule has 1 aliphatic rings. The fourth-order valence-electron chi connectivity index (χ4n) is 2.44. The fourth-order valence-corrected chi connectivity index (χ4v) is 2.44. The zero-order valence-corrected chi connectivity index (χ0v) is 11.2. The van der Waals surface area contributed by atoms with Crippen molar-refractivity contribution in [3.63, 3.8) is 0 Å². The predicted molar refractivity (Wildman–Crippen MR) is 75.3 cm³/mol. The monoisotopic (exact) mass is 272 g/mol. The van der Waals surface area contributed by atoms with Gasteiger partial charge in [-0.2, -0.15) is 0 Å². The van der Waals surface area contributed by atoms with Gasteiger partial charge in [0.25, 0.3) is 0 Å². The van der Waals surface area contributed by atoms with E-state index in [4.69, 9.17) is 4.74 Å². The molecule has 1 aromatic heterocycles. The van der Waals surface area contributed by atoms with E-state index in [2.05, 4.69) is 16.4 Å². The van der Waals surface area contributed by atoms with Crippen LogP contribution in [-0.2, 0) is 12.8 Å². The fraction of sp³-hybridized carbons (Fsp3) is 0.312. The average molecular weight is 272 g/mol. The van der Waals surface area contributed by atoms with E-state index in [0.29, 0.717) is 0 Å². The van der Waals surface area contributed by atoms with Crippen molar-refractivity contribution >= 4 is 0 Å². The van der Waals surface area contributed by atoms with E-state index in [1.54, 1.807) is 18.3 Å². The van der Waals surface area contributed by atoms with E-state index >= 15 is 0 Å². The molecule has 0 radical (unpaired) electrons. The van der Waals surface area contributed by atoms with E-state index in [9.17, 15) is 4.39 Å². The molecule has 0 saturated carbocycles. The molecule has 0 amide bonds. The van der Waals surface area contributed by atoms with Gasteiger partial charge in [-0.3, -0.25) is 4.98 Å². The summed E-state index contributed by atoms with van der Waals surface area (Å²) in [5.41, 5.74) is 2.18. The van der Waals surface area contributed by atoms with E-state index in [0.717, 1.165) is 37.2 Å². The van der Waals surface area contributed by atoms with Gasteiger partial charge in [0.1, 0.15) is 17.7 Å². The molecule has 0 fully saturated rings. The molecular weight excluding hydrogens is 255 g/mol. The quantitative estimate of drug-likeness (QED) is 0.848. The molecule has 1 unspecified atom stereocenters. The lowest BCUT2D eigenvalue weighted by atomic mass is 10.1. The van der Waals surface area contributed by atoms with Crippen molar-refractivity contribution in [2.24, 2.45) is 0 Å². The number of benzene rings is 1. The summed E-state index contributed by atoms with van der Waals surface area (Å²) in [5, 5.41) is 3.38. The van der Waals surface area contributed by atoms with E-state index in [-0.39, 0.29) is 11.9 Å². The van der Waals surface area contributed by atoms with Crippen LogP contribution in [0.4, 0.5) is 4.39 Å². The van der Waals surface area contributed by atoms with Gasteiger partial charge in [-0.15, -0.1) is 0 Å². The maximum atomic E-state index is 13.1. The number of hydrogen-bond donors (Lipinski definition) is 1.